The third-order valence-corrected chi connectivity index (χ3v) is 6.60. The van der Waals surface area contributed by atoms with Gasteiger partial charge in [0.1, 0.15) is 5.01 Å². The second kappa shape index (κ2) is 10.1. The van der Waals surface area contributed by atoms with Crippen molar-refractivity contribution in [1.29, 1.82) is 0 Å². The minimum Gasteiger partial charge on any atom is -0.342 e. The van der Waals surface area contributed by atoms with Crippen molar-refractivity contribution in [3.63, 3.8) is 0 Å². The topological polar surface area (TPSA) is 59.2 Å². The van der Waals surface area contributed by atoms with Crippen molar-refractivity contribution in [3.05, 3.63) is 27.5 Å². The van der Waals surface area contributed by atoms with Gasteiger partial charge in [-0.05, 0) is 37.8 Å². The normalized spacial score (nSPS) is 16.0. The molecular formula is C16H22Cl3N3OS2. The Bertz CT molecular complexity index is 682. The largest absolute Gasteiger partial charge is 0.342 e. The van der Waals surface area contributed by atoms with Crippen molar-refractivity contribution < 1.29 is 4.79 Å². The van der Waals surface area contributed by atoms with Gasteiger partial charge in [0.2, 0.25) is 5.91 Å². The van der Waals surface area contributed by atoms with Gasteiger partial charge < -0.3 is 10.6 Å². The molecule has 25 heavy (non-hydrogen) atoms. The van der Waals surface area contributed by atoms with Gasteiger partial charge in [0.25, 0.3) is 0 Å². The zero-order valence-electron chi connectivity index (χ0n) is 13.8. The number of rotatable bonds is 4. The summed E-state index contributed by atoms with van der Waals surface area (Å²) in [4.78, 5) is 20.0. The highest BCUT2D eigenvalue weighted by Crippen LogP contribution is 2.33. The lowest BCUT2D eigenvalue weighted by Gasteiger charge is -2.33. The molecule has 4 nitrogen and oxygen atoms in total. The van der Waals surface area contributed by atoms with Crippen LogP contribution in [0.2, 0.25) is 4.34 Å². The monoisotopic (exact) mass is 441 g/mol. The fourth-order valence-corrected chi connectivity index (χ4v) is 4.81. The average molecular weight is 443 g/mol. The maximum atomic E-state index is 12.4. The molecule has 2 N–H and O–H groups in total. The molecule has 1 unspecified atom stereocenters. The quantitative estimate of drug-likeness (QED) is 0.758. The lowest BCUT2D eigenvalue weighted by molar-refractivity contribution is -0.132. The van der Waals surface area contributed by atoms with Gasteiger partial charge in [-0.2, -0.15) is 0 Å². The van der Waals surface area contributed by atoms with E-state index in [0.717, 1.165) is 45.8 Å². The number of likely N-dealkylation sites (tertiary alicyclic amines) is 1. The number of hydrogen-bond acceptors (Lipinski definition) is 5. The van der Waals surface area contributed by atoms with Crippen molar-refractivity contribution in [2.24, 2.45) is 11.7 Å². The van der Waals surface area contributed by atoms with Crippen LogP contribution in [0, 0.1) is 5.92 Å². The Balaban J connectivity index is 0.00000156. The second-order valence-electron chi connectivity index (χ2n) is 6.00. The fourth-order valence-electron chi connectivity index (χ4n) is 2.87. The van der Waals surface area contributed by atoms with Crippen LogP contribution >= 0.6 is 59.1 Å². The standard InChI is InChI=1S/C16H20ClN3OS2.2ClH/c1-10(18)11-4-6-20(7-5-11)15(21)8-12-9-22-16(19-12)13-2-3-14(17)23-13;;/h2-3,9-11H,4-8,18H2,1H3;2*1H. The molecule has 1 saturated heterocycles. The summed E-state index contributed by atoms with van der Waals surface area (Å²) in [6, 6.07) is 4.05. The van der Waals surface area contributed by atoms with E-state index in [1.165, 1.54) is 11.3 Å². The molecule has 0 radical (unpaired) electrons. The predicted octanol–water partition coefficient (Wildman–Crippen LogP) is 4.50. The highest BCUT2D eigenvalue weighted by Gasteiger charge is 2.25. The van der Waals surface area contributed by atoms with E-state index in [9.17, 15) is 4.79 Å². The minimum atomic E-state index is 0. The third kappa shape index (κ3) is 5.81. The number of hydrogen-bond donors (Lipinski definition) is 1. The first-order chi connectivity index (χ1) is 11.0. The molecule has 1 aliphatic heterocycles. The molecule has 2 aromatic rings. The summed E-state index contributed by atoms with van der Waals surface area (Å²) in [7, 11) is 0. The Morgan fingerprint density at radius 1 is 1.40 bits per heavy atom. The SMILES string of the molecule is CC(N)C1CCN(C(=O)Cc2csc(-c3ccc(Cl)s3)n2)CC1.Cl.Cl. The van der Waals surface area contributed by atoms with E-state index in [-0.39, 0.29) is 36.8 Å². The first-order valence-corrected chi connectivity index (χ1v) is 9.84. The molecule has 1 fully saturated rings. The molecule has 9 heteroatoms. The summed E-state index contributed by atoms with van der Waals surface area (Å²) in [5, 5.41) is 2.90. The molecule has 0 saturated carbocycles. The van der Waals surface area contributed by atoms with Crippen LogP contribution < -0.4 is 5.73 Å². The van der Waals surface area contributed by atoms with E-state index in [0.29, 0.717) is 12.3 Å². The van der Waals surface area contributed by atoms with Crippen LogP contribution in [0.15, 0.2) is 17.5 Å². The summed E-state index contributed by atoms with van der Waals surface area (Å²) in [6.07, 6.45) is 2.37. The van der Waals surface area contributed by atoms with Crippen LogP contribution in [0.4, 0.5) is 0 Å². The Kier molecular flexibility index (Phi) is 9.15. The number of carbonyl (C=O) groups is 1. The van der Waals surface area contributed by atoms with Gasteiger partial charge in [0.15, 0.2) is 0 Å². The maximum Gasteiger partial charge on any atom is 0.228 e. The first-order valence-electron chi connectivity index (χ1n) is 7.76. The van der Waals surface area contributed by atoms with Crippen molar-refractivity contribution in [2.75, 3.05) is 13.1 Å². The second-order valence-corrected chi connectivity index (χ2v) is 8.58. The maximum absolute atomic E-state index is 12.4. The summed E-state index contributed by atoms with van der Waals surface area (Å²) in [5.41, 5.74) is 6.79. The van der Waals surface area contributed by atoms with E-state index in [2.05, 4.69) is 11.9 Å². The lowest BCUT2D eigenvalue weighted by atomic mass is 9.91. The van der Waals surface area contributed by atoms with E-state index in [4.69, 9.17) is 17.3 Å². The number of thiazole rings is 1. The number of aromatic nitrogens is 1. The van der Waals surface area contributed by atoms with Gasteiger partial charge in [-0.25, -0.2) is 4.98 Å². The summed E-state index contributed by atoms with van der Waals surface area (Å²) < 4.78 is 0.754. The Morgan fingerprint density at radius 2 is 2.08 bits per heavy atom. The molecule has 140 valence electrons. The Labute approximate surface area is 173 Å². The van der Waals surface area contributed by atoms with Crippen molar-refractivity contribution in [1.82, 2.24) is 9.88 Å². The molecule has 2 aromatic heterocycles. The summed E-state index contributed by atoms with van der Waals surface area (Å²) >= 11 is 9.04. The number of halogens is 3. The number of piperidine rings is 1. The summed E-state index contributed by atoms with van der Waals surface area (Å²) in [5.74, 6) is 0.697. The molecule has 0 bridgehead atoms. The molecule has 0 aromatic carbocycles. The average Bonchev–Trinajstić information content (AvgIpc) is 3.16. The molecule has 1 amide bonds. The van der Waals surface area contributed by atoms with Crippen molar-refractivity contribution in [2.45, 2.75) is 32.2 Å². The lowest BCUT2D eigenvalue weighted by Crippen LogP contribution is -2.43. The van der Waals surface area contributed by atoms with Crippen LogP contribution in [0.5, 0.6) is 0 Å². The number of nitrogens with two attached hydrogens (primary N) is 1. The Hall–Kier alpha value is -0.370. The minimum absolute atomic E-state index is 0. The third-order valence-electron chi connectivity index (χ3n) is 4.30. The van der Waals surface area contributed by atoms with Crippen molar-refractivity contribution >= 4 is 65.0 Å². The zero-order chi connectivity index (χ0) is 16.4. The highest BCUT2D eigenvalue weighted by molar-refractivity contribution is 7.23. The molecule has 1 atom stereocenters. The number of thiophene rings is 1. The van der Waals surface area contributed by atoms with E-state index < -0.39 is 0 Å². The van der Waals surface area contributed by atoms with E-state index in [1.54, 1.807) is 11.3 Å². The van der Waals surface area contributed by atoms with Crippen LogP contribution in [-0.4, -0.2) is 34.9 Å². The number of amides is 1. The number of carbonyl (C=O) groups excluding carboxylic acids is 1. The van der Waals surface area contributed by atoms with Crippen LogP contribution in [0.25, 0.3) is 9.88 Å². The van der Waals surface area contributed by atoms with Crippen LogP contribution in [-0.2, 0) is 11.2 Å². The highest BCUT2D eigenvalue weighted by atomic mass is 35.5. The molecule has 0 spiro atoms. The van der Waals surface area contributed by atoms with Crippen LogP contribution in [0.3, 0.4) is 0 Å². The van der Waals surface area contributed by atoms with Gasteiger partial charge >= 0.3 is 0 Å². The molecular weight excluding hydrogens is 421 g/mol. The molecule has 1 aliphatic rings. The summed E-state index contributed by atoms with van der Waals surface area (Å²) in [6.45, 7) is 3.67. The zero-order valence-corrected chi connectivity index (χ0v) is 17.8. The Morgan fingerprint density at radius 3 is 2.64 bits per heavy atom. The molecule has 3 heterocycles. The van der Waals surface area contributed by atoms with Crippen molar-refractivity contribution in [3.8, 4) is 9.88 Å². The molecule has 3 rings (SSSR count). The van der Waals surface area contributed by atoms with Crippen LogP contribution in [0.1, 0.15) is 25.5 Å². The van der Waals surface area contributed by atoms with E-state index in [1.807, 2.05) is 22.4 Å². The predicted molar refractivity (Wildman–Crippen MR) is 112 cm³/mol. The molecule has 0 aliphatic carbocycles. The van der Waals surface area contributed by atoms with Gasteiger partial charge in [0, 0.05) is 24.5 Å². The first kappa shape index (κ1) is 22.7. The van der Waals surface area contributed by atoms with Gasteiger partial charge in [0.05, 0.1) is 21.3 Å². The van der Waals surface area contributed by atoms with Gasteiger partial charge in [-0.3, -0.25) is 4.79 Å². The van der Waals surface area contributed by atoms with Gasteiger partial charge in [-0.1, -0.05) is 11.6 Å². The fraction of sp³-hybridized carbons (Fsp3) is 0.500. The van der Waals surface area contributed by atoms with E-state index >= 15 is 0 Å². The number of nitrogens with zero attached hydrogens (tertiary/aromatic N) is 2. The van der Waals surface area contributed by atoms with Gasteiger partial charge in [-0.15, -0.1) is 47.5 Å². The smallest absolute Gasteiger partial charge is 0.228 e.